The first-order valence-electron chi connectivity index (χ1n) is 10.4. The summed E-state index contributed by atoms with van der Waals surface area (Å²) >= 11 is 4.47. The molecule has 0 aliphatic heterocycles. The summed E-state index contributed by atoms with van der Waals surface area (Å²) in [5.41, 5.74) is 0. The highest BCUT2D eigenvalue weighted by atomic mass is 32.1. The third-order valence-electron chi connectivity index (χ3n) is 5.35. The Labute approximate surface area is 170 Å². The van der Waals surface area contributed by atoms with Crippen LogP contribution in [0.1, 0.15) is 65.2 Å². The van der Waals surface area contributed by atoms with E-state index in [0.29, 0.717) is 17.9 Å². The fourth-order valence-corrected chi connectivity index (χ4v) is 4.11. The van der Waals surface area contributed by atoms with E-state index in [1.54, 1.807) is 0 Å². The Balaban J connectivity index is 2.74. The van der Waals surface area contributed by atoms with Crippen LogP contribution in [0.3, 0.4) is 0 Å². The van der Waals surface area contributed by atoms with Crippen LogP contribution in [0.5, 0.6) is 0 Å². The van der Waals surface area contributed by atoms with Gasteiger partial charge in [0.1, 0.15) is 6.04 Å². The van der Waals surface area contributed by atoms with Crippen LogP contribution >= 0.6 is 12.6 Å². The van der Waals surface area contributed by atoms with Gasteiger partial charge in [0.15, 0.2) is 0 Å². The molecule has 0 radical (unpaired) electrons. The molecule has 4 atom stereocenters. The van der Waals surface area contributed by atoms with Crippen molar-refractivity contribution in [3.05, 3.63) is 0 Å². The minimum absolute atomic E-state index is 0.144. The maximum Gasteiger partial charge on any atom is 0.242 e. The van der Waals surface area contributed by atoms with Crippen molar-refractivity contribution in [3.8, 4) is 0 Å². The molecule has 27 heavy (non-hydrogen) atoms. The van der Waals surface area contributed by atoms with Gasteiger partial charge in [-0.25, -0.2) is 0 Å². The molecule has 6 nitrogen and oxygen atoms in total. The van der Waals surface area contributed by atoms with Crippen LogP contribution in [0.25, 0.3) is 0 Å². The molecule has 0 spiro atoms. The smallest absolute Gasteiger partial charge is 0.242 e. The number of likely N-dealkylation sites (N-methyl/N-ethyl adjacent to an activating group) is 1. The molecule has 4 N–H and O–H groups in total. The van der Waals surface area contributed by atoms with Crippen LogP contribution in [0.2, 0.25) is 0 Å². The minimum Gasteiger partial charge on any atom is -0.396 e. The molecule has 1 rings (SSSR count). The van der Waals surface area contributed by atoms with E-state index >= 15 is 0 Å². The van der Waals surface area contributed by atoms with E-state index in [0.717, 1.165) is 31.4 Å². The Morgan fingerprint density at radius 2 is 1.78 bits per heavy atom. The van der Waals surface area contributed by atoms with Crippen LogP contribution in [0.4, 0.5) is 0 Å². The van der Waals surface area contributed by atoms with E-state index in [-0.39, 0.29) is 30.9 Å². The van der Waals surface area contributed by atoms with Crippen molar-refractivity contribution in [2.75, 3.05) is 19.4 Å². The Bertz CT molecular complexity index is 448. The van der Waals surface area contributed by atoms with Crippen LogP contribution in [0.15, 0.2) is 0 Å². The summed E-state index contributed by atoms with van der Waals surface area (Å²) in [5, 5.41) is 18.1. The minimum atomic E-state index is -0.699. The molecule has 7 heteroatoms. The van der Waals surface area contributed by atoms with Gasteiger partial charge in [-0.2, -0.15) is 12.6 Å². The first kappa shape index (κ1) is 24.2. The summed E-state index contributed by atoms with van der Waals surface area (Å²) in [6, 6.07) is -0.705. The van der Waals surface area contributed by atoms with E-state index in [2.05, 4.69) is 42.4 Å². The number of amides is 2. The van der Waals surface area contributed by atoms with Gasteiger partial charge in [0.05, 0.1) is 6.04 Å². The van der Waals surface area contributed by atoms with Gasteiger partial charge >= 0.3 is 0 Å². The largest absolute Gasteiger partial charge is 0.396 e. The Morgan fingerprint density at radius 3 is 2.37 bits per heavy atom. The first-order chi connectivity index (χ1) is 12.9. The van der Waals surface area contributed by atoms with Gasteiger partial charge in [-0.15, -0.1) is 0 Å². The molecular weight excluding hydrogens is 362 g/mol. The standard InChI is InChI=1S/C20H39N3O3S/c1-14(2)12-18(20(26)23-17(10-11-24)19(25)21-3)22-16-7-5-4-6-15(13-27)8-9-16/h14-18,22,24,27H,4-13H2,1-3H3,(H,21,25)(H,23,26)/t15?,16?,17-,18-/m0/s1. The van der Waals surface area contributed by atoms with E-state index in [1.165, 1.54) is 26.3 Å². The van der Waals surface area contributed by atoms with Crippen LogP contribution in [-0.2, 0) is 9.59 Å². The second-order valence-corrected chi connectivity index (χ2v) is 8.51. The zero-order valence-corrected chi connectivity index (χ0v) is 18.1. The highest BCUT2D eigenvalue weighted by Crippen LogP contribution is 2.24. The van der Waals surface area contributed by atoms with Crippen LogP contribution in [-0.4, -0.2) is 54.5 Å². The van der Waals surface area contributed by atoms with Crippen molar-refractivity contribution < 1.29 is 14.7 Å². The Kier molecular flexibility index (Phi) is 12.0. The third-order valence-corrected chi connectivity index (χ3v) is 5.87. The summed E-state index contributed by atoms with van der Waals surface area (Å²) in [4.78, 5) is 24.8. The number of hydrogen-bond donors (Lipinski definition) is 5. The average Bonchev–Trinajstić information content (AvgIpc) is 2.62. The molecule has 1 saturated carbocycles. The lowest BCUT2D eigenvalue weighted by Gasteiger charge is -2.30. The maximum atomic E-state index is 12.9. The lowest BCUT2D eigenvalue weighted by atomic mass is 9.89. The second kappa shape index (κ2) is 13.4. The quantitative estimate of drug-likeness (QED) is 0.362. The molecule has 0 aromatic rings. The van der Waals surface area contributed by atoms with E-state index in [4.69, 9.17) is 0 Å². The SMILES string of the molecule is CNC(=O)[C@H](CCO)NC(=O)[C@H](CC(C)C)NC1CCCCC(CS)CC1. The second-order valence-electron chi connectivity index (χ2n) is 8.14. The summed E-state index contributed by atoms with van der Waals surface area (Å²) < 4.78 is 0. The highest BCUT2D eigenvalue weighted by Gasteiger charge is 2.28. The predicted molar refractivity (Wildman–Crippen MR) is 113 cm³/mol. The summed E-state index contributed by atoms with van der Waals surface area (Å²) in [6.07, 6.45) is 7.86. The van der Waals surface area contributed by atoms with E-state index < -0.39 is 6.04 Å². The molecule has 2 unspecified atom stereocenters. The van der Waals surface area contributed by atoms with Crippen molar-refractivity contribution in [2.24, 2.45) is 11.8 Å². The number of aliphatic hydroxyl groups excluding tert-OH is 1. The van der Waals surface area contributed by atoms with E-state index in [1.807, 2.05) is 0 Å². The molecule has 0 aromatic heterocycles. The number of hydrogen-bond acceptors (Lipinski definition) is 5. The fraction of sp³-hybridized carbons (Fsp3) is 0.900. The molecule has 1 aliphatic carbocycles. The molecular formula is C20H39N3O3S. The van der Waals surface area contributed by atoms with Gasteiger partial charge in [0.2, 0.25) is 11.8 Å². The molecule has 0 aromatic carbocycles. The van der Waals surface area contributed by atoms with Gasteiger partial charge in [-0.1, -0.05) is 26.7 Å². The van der Waals surface area contributed by atoms with Crippen LogP contribution in [0, 0.1) is 11.8 Å². The van der Waals surface area contributed by atoms with Crippen molar-refractivity contribution >= 4 is 24.4 Å². The first-order valence-corrected chi connectivity index (χ1v) is 11.0. The molecule has 0 saturated heterocycles. The Morgan fingerprint density at radius 1 is 1.07 bits per heavy atom. The molecule has 2 amide bonds. The third kappa shape index (κ3) is 9.30. The molecule has 1 aliphatic rings. The molecule has 1 fully saturated rings. The normalized spacial score (nSPS) is 23.2. The lowest BCUT2D eigenvalue weighted by Crippen LogP contribution is -2.54. The van der Waals surface area contributed by atoms with Gasteiger partial charge in [0.25, 0.3) is 0 Å². The van der Waals surface area contributed by atoms with Crippen molar-refractivity contribution in [1.29, 1.82) is 0 Å². The van der Waals surface area contributed by atoms with Crippen LogP contribution < -0.4 is 16.0 Å². The number of carbonyl (C=O) groups excluding carboxylic acids is 2. The maximum absolute atomic E-state index is 12.9. The number of rotatable bonds is 10. The van der Waals surface area contributed by atoms with Gasteiger partial charge in [-0.3, -0.25) is 9.59 Å². The number of thiol groups is 1. The molecule has 158 valence electrons. The zero-order valence-electron chi connectivity index (χ0n) is 17.2. The zero-order chi connectivity index (χ0) is 20.2. The summed E-state index contributed by atoms with van der Waals surface area (Å²) in [6.45, 7) is 4.05. The summed E-state index contributed by atoms with van der Waals surface area (Å²) in [5.74, 6) is 1.53. The monoisotopic (exact) mass is 401 g/mol. The molecule has 0 heterocycles. The molecule has 0 bridgehead atoms. The predicted octanol–water partition coefficient (Wildman–Crippen LogP) is 1.87. The van der Waals surface area contributed by atoms with Gasteiger partial charge in [0, 0.05) is 19.7 Å². The Hall–Kier alpha value is -0.790. The van der Waals surface area contributed by atoms with Crippen molar-refractivity contribution in [1.82, 2.24) is 16.0 Å². The number of aliphatic hydroxyl groups is 1. The number of carbonyl (C=O) groups is 2. The van der Waals surface area contributed by atoms with E-state index in [9.17, 15) is 14.7 Å². The van der Waals surface area contributed by atoms with Crippen molar-refractivity contribution in [2.45, 2.75) is 83.3 Å². The lowest BCUT2D eigenvalue weighted by molar-refractivity contribution is -0.130. The highest BCUT2D eigenvalue weighted by molar-refractivity contribution is 7.80. The average molecular weight is 402 g/mol. The number of nitrogens with one attached hydrogen (secondary N) is 3. The summed E-state index contributed by atoms with van der Waals surface area (Å²) in [7, 11) is 1.54. The fourth-order valence-electron chi connectivity index (χ4n) is 3.75. The van der Waals surface area contributed by atoms with Gasteiger partial charge < -0.3 is 21.1 Å². The van der Waals surface area contributed by atoms with Gasteiger partial charge in [-0.05, 0) is 56.1 Å². The van der Waals surface area contributed by atoms with Crippen molar-refractivity contribution in [3.63, 3.8) is 0 Å². The topological polar surface area (TPSA) is 90.5 Å².